The molecule has 1 saturated heterocycles. The Bertz CT molecular complexity index is 693. The zero-order valence-corrected chi connectivity index (χ0v) is 15.2. The molecule has 132 valence electrons. The Kier molecular flexibility index (Phi) is 5.71. The second kappa shape index (κ2) is 8.17. The maximum absolute atomic E-state index is 12.7. The Labute approximate surface area is 150 Å². The largest absolute Gasteiger partial charge is 0.374 e. The molecule has 2 aromatic carbocycles. The molecule has 25 heavy (non-hydrogen) atoms. The first kappa shape index (κ1) is 17.5. The zero-order valence-electron chi connectivity index (χ0n) is 15.2. The van der Waals surface area contributed by atoms with E-state index in [0.29, 0.717) is 0 Å². The van der Waals surface area contributed by atoms with Gasteiger partial charge in [-0.3, -0.25) is 4.79 Å². The third-order valence-electron chi connectivity index (χ3n) is 4.85. The molecule has 0 bridgehead atoms. The summed E-state index contributed by atoms with van der Waals surface area (Å²) in [5, 5.41) is 3.33. The fraction of sp³-hybridized carbons (Fsp3) is 0.381. The lowest BCUT2D eigenvalue weighted by molar-refractivity contribution is -0.917. The van der Waals surface area contributed by atoms with Crippen LogP contribution in [0.1, 0.15) is 18.1 Å². The number of amides is 1. The minimum Gasteiger partial charge on any atom is -0.374 e. The topological polar surface area (TPSA) is 36.8 Å². The van der Waals surface area contributed by atoms with Gasteiger partial charge in [-0.25, -0.2) is 0 Å². The highest BCUT2D eigenvalue weighted by Gasteiger charge is 2.26. The summed E-state index contributed by atoms with van der Waals surface area (Å²) in [5.74, 6) is 0.195. The molecule has 1 heterocycles. The minimum atomic E-state index is -0.197. The molecule has 4 heteroatoms. The summed E-state index contributed by atoms with van der Waals surface area (Å²) in [4.78, 5) is 16.3. The number of rotatable bonds is 5. The van der Waals surface area contributed by atoms with E-state index >= 15 is 0 Å². The van der Waals surface area contributed by atoms with Crippen LogP contribution >= 0.6 is 0 Å². The Hall–Kier alpha value is -2.33. The molecule has 0 aliphatic carbocycles. The van der Waals surface area contributed by atoms with E-state index in [1.54, 1.807) is 4.90 Å². The molecule has 0 radical (unpaired) electrons. The molecule has 1 aliphatic heterocycles. The lowest BCUT2D eigenvalue weighted by atomic mass is 10.1. The van der Waals surface area contributed by atoms with Gasteiger partial charge in [0.2, 0.25) is 5.91 Å². The molecule has 1 fully saturated rings. The van der Waals surface area contributed by atoms with Gasteiger partial charge in [-0.1, -0.05) is 42.5 Å². The summed E-state index contributed by atoms with van der Waals surface area (Å²) in [6, 6.07) is 18.6. The highest BCUT2D eigenvalue weighted by Crippen LogP contribution is 2.12. The number of hydrogen-bond acceptors (Lipinski definition) is 2. The molecule has 2 aromatic rings. The van der Waals surface area contributed by atoms with Gasteiger partial charge in [0.25, 0.3) is 0 Å². The van der Waals surface area contributed by atoms with Crippen molar-refractivity contribution >= 4 is 11.6 Å². The summed E-state index contributed by atoms with van der Waals surface area (Å²) in [6.07, 6.45) is 0. The smallest absolute Gasteiger partial charge is 0.245 e. The van der Waals surface area contributed by atoms with Crippen molar-refractivity contribution in [3.63, 3.8) is 0 Å². The van der Waals surface area contributed by atoms with Crippen molar-refractivity contribution in [1.29, 1.82) is 0 Å². The lowest BCUT2D eigenvalue weighted by Gasteiger charge is -2.34. The van der Waals surface area contributed by atoms with E-state index < -0.39 is 0 Å². The van der Waals surface area contributed by atoms with Crippen LogP contribution in [0.15, 0.2) is 54.6 Å². The third kappa shape index (κ3) is 4.83. The van der Waals surface area contributed by atoms with E-state index in [9.17, 15) is 4.79 Å². The van der Waals surface area contributed by atoms with Crippen molar-refractivity contribution in [2.24, 2.45) is 0 Å². The summed E-state index contributed by atoms with van der Waals surface area (Å²) in [6.45, 7) is 8.75. The van der Waals surface area contributed by atoms with Crippen molar-refractivity contribution in [2.75, 3.05) is 31.5 Å². The molecule has 0 spiro atoms. The van der Waals surface area contributed by atoms with E-state index in [2.05, 4.69) is 54.7 Å². The first-order valence-electron chi connectivity index (χ1n) is 9.11. The number of carbonyl (C=O) groups excluding carboxylic acids is 1. The predicted molar refractivity (Wildman–Crippen MR) is 102 cm³/mol. The van der Waals surface area contributed by atoms with Crippen molar-refractivity contribution in [3.05, 3.63) is 65.7 Å². The van der Waals surface area contributed by atoms with Crippen LogP contribution in [0.25, 0.3) is 0 Å². The van der Waals surface area contributed by atoms with E-state index in [-0.39, 0.29) is 11.9 Å². The van der Waals surface area contributed by atoms with Crippen molar-refractivity contribution in [2.45, 2.75) is 26.4 Å². The fourth-order valence-corrected chi connectivity index (χ4v) is 3.43. The molecule has 1 atom stereocenters. The maximum Gasteiger partial charge on any atom is 0.245 e. The summed E-state index contributed by atoms with van der Waals surface area (Å²) in [5.41, 5.74) is 3.57. The molecule has 3 rings (SSSR count). The monoisotopic (exact) mass is 338 g/mol. The average molecular weight is 338 g/mol. The number of aryl methyl sites for hydroxylation is 1. The van der Waals surface area contributed by atoms with Crippen molar-refractivity contribution < 1.29 is 9.69 Å². The number of nitrogens with one attached hydrogen (secondary N) is 2. The van der Waals surface area contributed by atoms with E-state index in [1.807, 2.05) is 24.0 Å². The summed E-state index contributed by atoms with van der Waals surface area (Å²) >= 11 is 0. The predicted octanol–water partition coefficient (Wildman–Crippen LogP) is 1.72. The molecule has 0 saturated carbocycles. The average Bonchev–Trinajstić information content (AvgIpc) is 2.62. The van der Waals surface area contributed by atoms with Gasteiger partial charge in [-0.2, -0.15) is 0 Å². The van der Waals surface area contributed by atoms with Gasteiger partial charge in [-0.15, -0.1) is 0 Å². The number of benzene rings is 2. The second-order valence-electron chi connectivity index (χ2n) is 6.97. The van der Waals surface area contributed by atoms with Crippen LogP contribution in [0.2, 0.25) is 0 Å². The summed E-state index contributed by atoms with van der Waals surface area (Å²) < 4.78 is 0. The molecule has 4 nitrogen and oxygen atoms in total. The Morgan fingerprint density at radius 3 is 2.52 bits per heavy atom. The number of nitrogens with zero attached hydrogens (tertiary/aromatic N) is 1. The van der Waals surface area contributed by atoms with E-state index in [1.165, 1.54) is 11.1 Å². The standard InChI is InChI=1S/C21H27N3O/c1-17-7-6-10-20(15-17)22-18(2)21(25)24-13-11-23(12-14-24)16-19-8-4-3-5-9-19/h3-10,15,18,22H,11-14,16H2,1-2H3/p+1/t18-/m1/s1. The minimum absolute atomic E-state index is 0.195. The Morgan fingerprint density at radius 2 is 1.84 bits per heavy atom. The van der Waals surface area contributed by atoms with Crippen LogP contribution in [0.5, 0.6) is 0 Å². The first-order valence-corrected chi connectivity index (χ1v) is 9.11. The molecule has 0 aromatic heterocycles. The van der Waals surface area contributed by atoms with Gasteiger partial charge >= 0.3 is 0 Å². The van der Waals surface area contributed by atoms with Gasteiger partial charge < -0.3 is 15.1 Å². The normalized spacial score (nSPS) is 16.5. The number of piperazine rings is 1. The second-order valence-corrected chi connectivity index (χ2v) is 6.97. The van der Waals surface area contributed by atoms with E-state index in [0.717, 1.165) is 38.4 Å². The van der Waals surface area contributed by atoms with Gasteiger partial charge in [0, 0.05) is 11.3 Å². The number of hydrogen-bond donors (Lipinski definition) is 2. The van der Waals surface area contributed by atoms with Crippen molar-refractivity contribution in [1.82, 2.24) is 4.90 Å². The van der Waals surface area contributed by atoms with Gasteiger partial charge in [0.1, 0.15) is 12.6 Å². The summed E-state index contributed by atoms with van der Waals surface area (Å²) in [7, 11) is 0. The lowest BCUT2D eigenvalue weighted by Crippen LogP contribution is -3.13. The van der Waals surface area contributed by atoms with Crippen LogP contribution in [0, 0.1) is 6.92 Å². The number of anilines is 1. The van der Waals surface area contributed by atoms with Gasteiger partial charge in [0.05, 0.1) is 26.2 Å². The van der Waals surface area contributed by atoms with Crippen LogP contribution in [-0.2, 0) is 11.3 Å². The van der Waals surface area contributed by atoms with Gasteiger partial charge in [0.15, 0.2) is 0 Å². The number of quaternary nitrogens is 1. The van der Waals surface area contributed by atoms with Crippen LogP contribution in [0.3, 0.4) is 0 Å². The zero-order chi connectivity index (χ0) is 17.6. The van der Waals surface area contributed by atoms with Crippen LogP contribution in [0.4, 0.5) is 5.69 Å². The van der Waals surface area contributed by atoms with Gasteiger partial charge in [-0.05, 0) is 31.5 Å². The third-order valence-corrected chi connectivity index (χ3v) is 4.85. The Morgan fingerprint density at radius 1 is 1.12 bits per heavy atom. The molecular formula is C21H28N3O+. The molecule has 2 N–H and O–H groups in total. The highest BCUT2D eigenvalue weighted by atomic mass is 16.2. The van der Waals surface area contributed by atoms with Crippen molar-refractivity contribution in [3.8, 4) is 0 Å². The van der Waals surface area contributed by atoms with Crippen LogP contribution in [-0.4, -0.2) is 43.0 Å². The molecular weight excluding hydrogens is 310 g/mol. The maximum atomic E-state index is 12.7. The fourth-order valence-electron chi connectivity index (χ4n) is 3.43. The number of carbonyl (C=O) groups is 1. The molecule has 1 aliphatic rings. The van der Waals surface area contributed by atoms with Crippen LogP contribution < -0.4 is 10.2 Å². The molecule has 0 unspecified atom stereocenters. The Balaban J connectivity index is 1.49. The van der Waals surface area contributed by atoms with E-state index in [4.69, 9.17) is 0 Å². The highest BCUT2D eigenvalue weighted by molar-refractivity contribution is 5.84. The first-order chi connectivity index (χ1) is 12.1. The quantitative estimate of drug-likeness (QED) is 0.871. The molecule has 1 amide bonds. The SMILES string of the molecule is Cc1cccc(N[C@H](C)C(=O)N2CC[NH+](Cc3ccccc3)CC2)c1.